The predicted molar refractivity (Wildman–Crippen MR) is 106 cm³/mol. The van der Waals surface area contributed by atoms with Gasteiger partial charge in [0, 0.05) is 31.5 Å². The molecule has 2 aliphatic carbocycles. The van der Waals surface area contributed by atoms with Crippen LogP contribution in [0.3, 0.4) is 0 Å². The maximum Gasteiger partial charge on any atom is 0.416 e. The smallest absolute Gasteiger partial charge is 0.356 e. The fourth-order valence-corrected chi connectivity index (χ4v) is 5.69. The third-order valence-electron chi connectivity index (χ3n) is 7.39. The number of rotatable bonds is 5. The summed E-state index contributed by atoms with van der Waals surface area (Å²) in [5, 5.41) is 3.13. The highest BCUT2D eigenvalue weighted by Crippen LogP contribution is 2.46. The zero-order chi connectivity index (χ0) is 21.5. The molecule has 4 rings (SSSR count). The number of likely N-dealkylation sites (tertiary alicyclic amines) is 1. The molecule has 0 radical (unpaired) electrons. The average Bonchev–Trinajstić information content (AvgIpc) is 3.39. The second-order valence-electron chi connectivity index (χ2n) is 9.26. The molecule has 0 aromatic heterocycles. The maximum atomic E-state index is 12.8. The van der Waals surface area contributed by atoms with Crippen LogP contribution in [0, 0.1) is 23.7 Å². The van der Waals surface area contributed by atoms with E-state index in [1.807, 2.05) is 4.90 Å². The Morgan fingerprint density at radius 2 is 1.83 bits per heavy atom. The fraction of sp³-hybridized carbons (Fsp3) is 0.652. The Morgan fingerprint density at radius 3 is 2.47 bits per heavy atom. The first kappa shape index (κ1) is 21.2. The lowest BCUT2D eigenvalue weighted by Crippen LogP contribution is -2.37. The molecule has 1 saturated heterocycles. The van der Waals surface area contributed by atoms with Gasteiger partial charge in [0.2, 0.25) is 11.8 Å². The molecular formula is C23H29F3N2O2. The molecule has 0 spiro atoms. The van der Waals surface area contributed by atoms with Crippen LogP contribution in [-0.4, -0.2) is 29.3 Å². The van der Waals surface area contributed by atoms with Crippen molar-refractivity contribution in [3.05, 3.63) is 35.4 Å². The van der Waals surface area contributed by atoms with Gasteiger partial charge in [-0.1, -0.05) is 31.9 Å². The number of carbonyl (C=O) groups excluding carboxylic acids is 2. The van der Waals surface area contributed by atoms with E-state index in [-0.39, 0.29) is 35.6 Å². The molecule has 1 aliphatic heterocycles. The van der Waals surface area contributed by atoms with Crippen molar-refractivity contribution in [2.24, 2.45) is 23.7 Å². The molecule has 4 atom stereocenters. The van der Waals surface area contributed by atoms with E-state index in [0.717, 1.165) is 44.2 Å². The number of alkyl halides is 3. The van der Waals surface area contributed by atoms with E-state index >= 15 is 0 Å². The normalized spacial score (nSPS) is 29.5. The average molecular weight is 422 g/mol. The van der Waals surface area contributed by atoms with Crippen molar-refractivity contribution in [3.63, 3.8) is 0 Å². The van der Waals surface area contributed by atoms with Gasteiger partial charge in [-0.25, -0.2) is 0 Å². The minimum Gasteiger partial charge on any atom is -0.356 e. The molecule has 164 valence electrons. The number of nitrogens with zero attached hydrogens (tertiary/aromatic N) is 1. The van der Waals surface area contributed by atoms with E-state index < -0.39 is 11.7 Å². The van der Waals surface area contributed by atoms with E-state index in [4.69, 9.17) is 0 Å². The molecule has 0 unspecified atom stereocenters. The minimum absolute atomic E-state index is 0.0592. The van der Waals surface area contributed by atoms with E-state index in [0.29, 0.717) is 31.0 Å². The first-order chi connectivity index (χ1) is 14.2. The Labute approximate surface area is 175 Å². The zero-order valence-electron chi connectivity index (χ0n) is 17.3. The SMILES string of the molecule is C[C@H]1C[C@@H]2[C@@H](CC(=O)N2Cc2ccc(C(F)(F)F)cc2)[C@@H]1CNC(=O)C1CCCC1. The number of hydrogen-bond acceptors (Lipinski definition) is 2. The molecule has 3 aliphatic rings. The van der Waals surface area contributed by atoms with Crippen LogP contribution >= 0.6 is 0 Å². The van der Waals surface area contributed by atoms with Crippen LogP contribution in [0.5, 0.6) is 0 Å². The number of amides is 2. The molecule has 7 heteroatoms. The van der Waals surface area contributed by atoms with Crippen molar-refractivity contribution >= 4 is 11.8 Å². The molecule has 2 amide bonds. The van der Waals surface area contributed by atoms with Crippen LogP contribution in [0.2, 0.25) is 0 Å². The number of nitrogens with one attached hydrogen (secondary N) is 1. The van der Waals surface area contributed by atoms with Gasteiger partial charge in [-0.3, -0.25) is 9.59 Å². The molecule has 1 aromatic carbocycles. The van der Waals surface area contributed by atoms with Crippen LogP contribution in [0.25, 0.3) is 0 Å². The summed E-state index contributed by atoms with van der Waals surface area (Å²) in [6.07, 6.45) is 1.16. The first-order valence-corrected chi connectivity index (χ1v) is 11.0. The summed E-state index contributed by atoms with van der Waals surface area (Å²) in [6.45, 7) is 3.12. The second kappa shape index (κ2) is 8.23. The predicted octanol–water partition coefficient (Wildman–Crippen LogP) is 4.38. The van der Waals surface area contributed by atoms with Gasteiger partial charge in [0.25, 0.3) is 0 Å². The molecule has 2 saturated carbocycles. The third-order valence-corrected chi connectivity index (χ3v) is 7.39. The highest BCUT2D eigenvalue weighted by molar-refractivity contribution is 5.80. The largest absolute Gasteiger partial charge is 0.416 e. The van der Waals surface area contributed by atoms with Crippen molar-refractivity contribution in [3.8, 4) is 0 Å². The third kappa shape index (κ3) is 4.21. The van der Waals surface area contributed by atoms with E-state index in [1.165, 1.54) is 12.1 Å². The van der Waals surface area contributed by atoms with E-state index in [9.17, 15) is 22.8 Å². The standard InChI is InChI=1S/C23H29F3N2O2/c1-14-10-20-18(19(14)12-27-22(30)16-4-2-3-5-16)11-21(29)28(20)13-15-6-8-17(9-7-15)23(24,25)26/h6-9,14,16,18-20H,2-5,10-13H2,1H3,(H,27,30)/t14-,18-,19+,20+/m0/s1. The maximum absolute atomic E-state index is 12.8. The Morgan fingerprint density at radius 1 is 1.17 bits per heavy atom. The Balaban J connectivity index is 1.38. The summed E-state index contributed by atoms with van der Waals surface area (Å²) in [4.78, 5) is 26.9. The molecule has 1 heterocycles. The van der Waals surface area contributed by atoms with Crippen molar-refractivity contribution in [2.45, 2.75) is 64.2 Å². The van der Waals surface area contributed by atoms with Gasteiger partial charge in [-0.15, -0.1) is 0 Å². The fourth-order valence-electron chi connectivity index (χ4n) is 5.69. The van der Waals surface area contributed by atoms with Gasteiger partial charge < -0.3 is 10.2 Å². The van der Waals surface area contributed by atoms with Gasteiger partial charge in [-0.2, -0.15) is 13.2 Å². The molecule has 1 aromatic rings. The van der Waals surface area contributed by atoms with Crippen LogP contribution in [-0.2, 0) is 22.3 Å². The lowest BCUT2D eigenvalue weighted by molar-refractivity contribution is -0.137. The molecule has 4 nitrogen and oxygen atoms in total. The number of halogens is 3. The van der Waals surface area contributed by atoms with Gasteiger partial charge >= 0.3 is 6.18 Å². The molecule has 3 fully saturated rings. The van der Waals surface area contributed by atoms with Gasteiger partial charge in [0.05, 0.1) is 5.56 Å². The Kier molecular flexibility index (Phi) is 5.82. The lowest BCUT2D eigenvalue weighted by atomic mass is 9.88. The molecule has 30 heavy (non-hydrogen) atoms. The van der Waals surface area contributed by atoms with Crippen molar-refractivity contribution in [1.82, 2.24) is 10.2 Å². The minimum atomic E-state index is -4.36. The van der Waals surface area contributed by atoms with E-state index in [1.54, 1.807) is 0 Å². The van der Waals surface area contributed by atoms with Crippen molar-refractivity contribution in [1.29, 1.82) is 0 Å². The first-order valence-electron chi connectivity index (χ1n) is 11.0. The highest BCUT2D eigenvalue weighted by atomic mass is 19.4. The van der Waals surface area contributed by atoms with Crippen LogP contribution < -0.4 is 5.32 Å². The monoisotopic (exact) mass is 422 g/mol. The van der Waals surface area contributed by atoms with Crippen LogP contribution in [0.15, 0.2) is 24.3 Å². The summed E-state index contributed by atoms with van der Waals surface area (Å²) < 4.78 is 38.3. The van der Waals surface area contributed by atoms with Gasteiger partial charge in [0.1, 0.15) is 0 Å². The van der Waals surface area contributed by atoms with Gasteiger partial charge in [-0.05, 0) is 54.7 Å². The van der Waals surface area contributed by atoms with E-state index in [2.05, 4.69) is 12.2 Å². The van der Waals surface area contributed by atoms with Gasteiger partial charge in [0.15, 0.2) is 0 Å². The number of benzene rings is 1. The van der Waals surface area contributed by atoms with Crippen LogP contribution in [0.1, 0.15) is 56.6 Å². The Bertz CT molecular complexity index is 787. The van der Waals surface area contributed by atoms with Crippen molar-refractivity contribution < 1.29 is 22.8 Å². The number of fused-ring (bicyclic) bond motifs is 1. The number of carbonyl (C=O) groups is 2. The molecule has 0 bridgehead atoms. The lowest BCUT2D eigenvalue weighted by Gasteiger charge is -2.25. The Hall–Kier alpha value is -2.05. The molecule has 1 N–H and O–H groups in total. The summed E-state index contributed by atoms with van der Waals surface area (Å²) in [5.41, 5.74) is 0.0343. The summed E-state index contributed by atoms with van der Waals surface area (Å²) in [5.74, 6) is 1.21. The summed E-state index contributed by atoms with van der Waals surface area (Å²) >= 11 is 0. The van der Waals surface area contributed by atoms with Crippen molar-refractivity contribution in [2.75, 3.05) is 6.54 Å². The topological polar surface area (TPSA) is 49.4 Å². The summed E-state index contributed by atoms with van der Waals surface area (Å²) in [6, 6.07) is 5.17. The van der Waals surface area contributed by atoms with Crippen LogP contribution in [0.4, 0.5) is 13.2 Å². The highest BCUT2D eigenvalue weighted by Gasteiger charge is 2.50. The quantitative estimate of drug-likeness (QED) is 0.765. The number of hydrogen-bond donors (Lipinski definition) is 1. The summed E-state index contributed by atoms with van der Waals surface area (Å²) in [7, 11) is 0. The molecular weight excluding hydrogens is 393 g/mol. The zero-order valence-corrected chi connectivity index (χ0v) is 17.3. The second-order valence-corrected chi connectivity index (χ2v) is 9.26.